The van der Waals surface area contributed by atoms with Gasteiger partial charge < -0.3 is 20.7 Å². The molecule has 6 nitrogen and oxygen atoms in total. The molecule has 3 N–H and O–H groups in total. The summed E-state index contributed by atoms with van der Waals surface area (Å²) in [4.78, 5) is 11.1. The first kappa shape index (κ1) is 14.3. The Morgan fingerprint density at radius 1 is 1.30 bits per heavy atom. The minimum Gasteiger partial charge on any atom is -0.483 e. The van der Waals surface area contributed by atoms with Gasteiger partial charge in [-0.25, -0.2) is 4.98 Å². The Hall–Kier alpha value is -2.34. The van der Waals surface area contributed by atoms with E-state index in [1.807, 2.05) is 31.3 Å². The second kappa shape index (κ2) is 5.70. The van der Waals surface area contributed by atoms with Crippen LogP contribution < -0.4 is 20.7 Å². The van der Waals surface area contributed by atoms with Crippen molar-refractivity contribution in [2.75, 3.05) is 30.8 Å². The van der Waals surface area contributed by atoms with Crippen LogP contribution in [-0.2, 0) is 6.42 Å². The first-order valence-electron chi connectivity index (χ1n) is 8.04. The maximum Gasteiger partial charge on any atom is 0.222 e. The van der Waals surface area contributed by atoms with E-state index in [1.54, 1.807) is 0 Å². The summed E-state index contributed by atoms with van der Waals surface area (Å²) >= 11 is 0. The number of rotatable bonds is 3. The molecule has 2 atom stereocenters. The number of anilines is 2. The second-order valence-corrected chi connectivity index (χ2v) is 6.15. The number of nitrogens with zero attached hydrogens (tertiary/aromatic N) is 3. The van der Waals surface area contributed by atoms with Crippen molar-refractivity contribution in [1.82, 2.24) is 15.3 Å². The van der Waals surface area contributed by atoms with Gasteiger partial charge in [-0.3, -0.25) is 0 Å². The quantitative estimate of drug-likeness (QED) is 0.895. The number of likely N-dealkylation sites (N-methyl/N-ethyl adjacent to an activating group) is 1. The van der Waals surface area contributed by atoms with Gasteiger partial charge in [-0.05, 0) is 25.1 Å². The largest absolute Gasteiger partial charge is 0.483 e. The number of para-hydroxylation sites is 1. The second-order valence-electron chi connectivity index (χ2n) is 6.15. The summed E-state index contributed by atoms with van der Waals surface area (Å²) in [6, 6.07) is 10.6. The molecule has 2 aliphatic heterocycles. The van der Waals surface area contributed by atoms with Crippen LogP contribution in [0, 0.1) is 0 Å². The van der Waals surface area contributed by atoms with E-state index in [0.717, 1.165) is 43.2 Å². The molecular formula is C17H21N5O. The Bertz CT molecular complexity index is 695. The predicted molar refractivity (Wildman–Crippen MR) is 89.6 cm³/mol. The van der Waals surface area contributed by atoms with Gasteiger partial charge in [-0.15, -0.1) is 0 Å². The number of ether oxygens (including phenoxy) is 1. The number of hydrogen-bond donors (Lipinski definition) is 2. The van der Waals surface area contributed by atoms with Crippen molar-refractivity contribution >= 4 is 11.8 Å². The van der Waals surface area contributed by atoms with Crippen molar-refractivity contribution in [1.29, 1.82) is 0 Å². The standard InChI is InChI=1S/C17H21N5O/c1-19-12-6-7-22(10-12)16-9-13(20-17(18)21-16)15-8-11-4-2-3-5-14(11)23-15/h2-5,9,12,15,19H,6-8,10H2,1H3,(H2,18,20,21). The summed E-state index contributed by atoms with van der Waals surface area (Å²) in [7, 11) is 2.00. The van der Waals surface area contributed by atoms with Gasteiger partial charge in [-0.1, -0.05) is 18.2 Å². The van der Waals surface area contributed by atoms with Gasteiger partial charge >= 0.3 is 0 Å². The van der Waals surface area contributed by atoms with Crippen molar-refractivity contribution in [3.63, 3.8) is 0 Å². The van der Waals surface area contributed by atoms with Crippen LogP contribution in [-0.4, -0.2) is 36.1 Å². The fraction of sp³-hybridized carbons (Fsp3) is 0.412. The summed E-state index contributed by atoms with van der Waals surface area (Å²) in [6.45, 7) is 1.92. The summed E-state index contributed by atoms with van der Waals surface area (Å²) in [5.74, 6) is 2.14. The Labute approximate surface area is 135 Å². The smallest absolute Gasteiger partial charge is 0.222 e. The molecule has 23 heavy (non-hydrogen) atoms. The van der Waals surface area contributed by atoms with Crippen LogP contribution >= 0.6 is 0 Å². The van der Waals surface area contributed by atoms with Gasteiger partial charge in [0, 0.05) is 31.6 Å². The van der Waals surface area contributed by atoms with E-state index in [4.69, 9.17) is 10.5 Å². The number of nitrogens with two attached hydrogens (primary N) is 1. The van der Waals surface area contributed by atoms with E-state index >= 15 is 0 Å². The molecule has 3 heterocycles. The van der Waals surface area contributed by atoms with E-state index in [2.05, 4.69) is 26.3 Å². The van der Waals surface area contributed by atoms with Gasteiger partial charge in [0.1, 0.15) is 17.7 Å². The third-order valence-corrected chi connectivity index (χ3v) is 4.65. The number of fused-ring (bicyclic) bond motifs is 1. The Kier molecular flexibility index (Phi) is 3.53. The third-order valence-electron chi connectivity index (χ3n) is 4.65. The highest BCUT2D eigenvalue weighted by Crippen LogP contribution is 2.36. The lowest BCUT2D eigenvalue weighted by molar-refractivity contribution is 0.233. The molecule has 6 heteroatoms. The van der Waals surface area contributed by atoms with E-state index in [1.165, 1.54) is 5.56 Å². The predicted octanol–water partition coefficient (Wildman–Crippen LogP) is 1.53. The normalized spacial score (nSPS) is 22.9. The molecule has 0 amide bonds. The number of nitrogens with one attached hydrogen (secondary N) is 1. The molecule has 0 aliphatic carbocycles. The van der Waals surface area contributed by atoms with Gasteiger partial charge in [0.05, 0.1) is 5.69 Å². The van der Waals surface area contributed by atoms with E-state index in [-0.39, 0.29) is 6.10 Å². The highest BCUT2D eigenvalue weighted by atomic mass is 16.5. The summed E-state index contributed by atoms with van der Waals surface area (Å²) < 4.78 is 6.03. The molecule has 1 fully saturated rings. The molecule has 1 aromatic carbocycles. The zero-order chi connectivity index (χ0) is 15.8. The molecule has 1 saturated heterocycles. The topological polar surface area (TPSA) is 76.3 Å². The number of nitrogen functional groups attached to an aromatic ring is 1. The van der Waals surface area contributed by atoms with E-state index < -0.39 is 0 Å². The van der Waals surface area contributed by atoms with Crippen LogP contribution in [0.15, 0.2) is 30.3 Å². The van der Waals surface area contributed by atoms with Crippen LogP contribution in [0.25, 0.3) is 0 Å². The molecule has 0 spiro atoms. The van der Waals surface area contributed by atoms with Crippen molar-refractivity contribution in [3.8, 4) is 5.75 Å². The fourth-order valence-electron chi connectivity index (χ4n) is 3.35. The van der Waals surface area contributed by atoms with Gasteiger partial charge in [0.2, 0.25) is 5.95 Å². The highest BCUT2D eigenvalue weighted by molar-refractivity contribution is 5.47. The first-order chi connectivity index (χ1) is 11.2. The molecule has 2 aromatic rings. The zero-order valence-electron chi connectivity index (χ0n) is 13.2. The number of aromatic nitrogens is 2. The summed E-state index contributed by atoms with van der Waals surface area (Å²) in [6.07, 6.45) is 1.85. The van der Waals surface area contributed by atoms with Crippen molar-refractivity contribution < 1.29 is 4.74 Å². The van der Waals surface area contributed by atoms with Crippen LogP contribution in [0.4, 0.5) is 11.8 Å². The minimum atomic E-state index is -0.0841. The van der Waals surface area contributed by atoms with E-state index in [0.29, 0.717) is 12.0 Å². The Morgan fingerprint density at radius 3 is 2.96 bits per heavy atom. The zero-order valence-corrected chi connectivity index (χ0v) is 13.2. The monoisotopic (exact) mass is 311 g/mol. The van der Waals surface area contributed by atoms with Gasteiger partial charge in [0.15, 0.2) is 0 Å². The molecule has 1 aromatic heterocycles. The van der Waals surface area contributed by atoms with Crippen LogP contribution in [0.2, 0.25) is 0 Å². The average molecular weight is 311 g/mol. The molecular weight excluding hydrogens is 290 g/mol. The average Bonchev–Trinajstić information content (AvgIpc) is 3.21. The van der Waals surface area contributed by atoms with Crippen LogP contribution in [0.1, 0.15) is 23.8 Å². The molecule has 120 valence electrons. The Balaban J connectivity index is 1.59. The van der Waals surface area contributed by atoms with Crippen molar-refractivity contribution in [2.24, 2.45) is 0 Å². The van der Waals surface area contributed by atoms with Crippen molar-refractivity contribution in [3.05, 3.63) is 41.6 Å². The van der Waals surface area contributed by atoms with E-state index in [9.17, 15) is 0 Å². The highest BCUT2D eigenvalue weighted by Gasteiger charge is 2.28. The first-order valence-corrected chi connectivity index (χ1v) is 8.04. The molecule has 0 bridgehead atoms. The summed E-state index contributed by atoms with van der Waals surface area (Å²) in [5, 5.41) is 3.32. The lowest BCUT2D eigenvalue weighted by Crippen LogP contribution is -2.30. The SMILES string of the molecule is CNC1CCN(c2cc(C3Cc4ccccc4O3)nc(N)n2)C1. The molecule has 0 radical (unpaired) electrons. The lowest BCUT2D eigenvalue weighted by Gasteiger charge is -2.19. The van der Waals surface area contributed by atoms with Crippen LogP contribution in [0.3, 0.4) is 0 Å². The van der Waals surface area contributed by atoms with Gasteiger partial charge in [-0.2, -0.15) is 4.98 Å². The van der Waals surface area contributed by atoms with Crippen LogP contribution in [0.5, 0.6) is 5.75 Å². The van der Waals surface area contributed by atoms with Gasteiger partial charge in [0.25, 0.3) is 0 Å². The van der Waals surface area contributed by atoms with Crippen molar-refractivity contribution in [2.45, 2.75) is 25.0 Å². The maximum absolute atomic E-state index is 6.03. The molecule has 2 unspecified atom stereocenters. The minimum absolute atomic E-state index is 0.0841. The fourth-order valence-corrected chi connectivity index (χ4v) is 3.35. The molecule has 4 rings (SSSR count). The Morgan fingerprint density at radius 2 is 2.17 bits per heavy atom. The molecule has 2 aliphatic rings. The maximum atomic E-state index is 6.03. The lowest BCUT2D eigenvalue weighted by atomic mass is 10.1. The summed E-state index contributed by atoms with van der Waals surface area (Å²) in [5.41, 5.74) is 8.02. The number of hydrogen-bond acceptors (Lipinski definition) is 6. The number of benzene rings is 1. The molecule has 0 saturated carbocycles. The third kappa shape index (κ3) is 2.70.